The van der Waals surface area contributed by atoms with Crippen LogP contribution in [0.4, 0.5) is 5.69 Å². The fourth-order valence-electron chi connectivity index (χ4n) is 1.95. The van der Waals surface area contributed by atoms with Gasteiger partial charge in [0.05, 0.1) is 11.7 Å². The monoisotopic (exact) mass is 275 g/mol. The minimum Gasteiger partial charge on any atom is -0.384 e. The van der Waals surface area contributed by atoms with Crippen molar-refractivity contribution in [1.82, 2.24) is 20.5 Å². The molecule has 0 fully saturated rings. The van der Waals surface area contributed by atoms with Gasteiger partial charge in [0.1, 0.15) is 5.82 Å². The molecule has 1 amide bonds. The predicted molar refractivity (Wildman–Crippen MR) is 76.8 cm³/mol. The molecule has 2 rings (SSSR count). The van der Waals surface area contributed by atoms with Gasteiger partial charge < -0.3 is 21.8 Å². The van der Waals surface area contributed by atoms with E-state index in [9.17, 15) is 4.79 Å². The van der Waals surface area contributed by atoms with Crippen LogP contribution in [0.25, 0.3) is 10.9 Å². The molecule has 8 heteroatoms. The summed E-state index contributed by atoms with van der Waals surface area (Å²) < 4.78 is 1.72. The third kappa shape index (κ3) is 2.98. The van der Waals surface area contributed by atoms with Gasteiger partial charge in [-0.2, -0.15) is 5.10 Å². The summed E-state index contributed by atoms with van der Waals surface area (Å²) in [7, 11) is 1.84. The number of aromatic nitrogens is 2. The molecule has 0 bridgehead atoms. The highest BCUT2D eigenvalue weighted by molar-refractivity contribution is 5.87. The third-order valence-electron chi connectivity index (χ3n) is 2.75. The number of fused-ring (bicyclic) bond motifs is 1. The second kappa shape index (κ2) is 5.93. The van der Waals surface area contributed by atoms with E-state index in [2.05, 4.69) is 21.2 Å². The number of hydrogen-bond acceptors (Lipinski definition) is 6. The molecule has 106 valence electrons. The Hall–Kier alpha value is -2.74. The summed E-state index contributed by atoms with van der Waals surface area (Å²) in [5.74, 6) is 5.55. The maximum atomic E-state index is 10.6. The van der Waals surface area contributed by atoms with Gasteiger partial charge in [0, 0.05) is 36.4 Å². The molecule has 0 radical (unpaired) electrons. The van der Waals surface area contributed by atoms with Gasteiger partial charge in [-0.1, -0.05) is 0 Å². The molecular formula is C12H17N7O. The van der Waals surface area contributed by atoms with Gasteiger partial charge >= 0.3 is 0 Å². The number of anilines is 1. The lowest BCUT2D eigenvalue weighted by atomic mass is 10.1. The number of benzene rings is 1. The topological polar surface area (TPSA) is 123 Å². The van der Waals surface area contributed by atoms with Crippen molar-refractivity contribution < 1.29 is 4.79 Å². The van der Waals surface area contributed by atoms with E-state index >= 15 is 0 Å². The minimum atomic E-state index is 0.408. The van der Waals surface area contributed by atoms with Crippen LogP contribution in [0.5, 0.6) is 0 Å². The fraction of sp³-hybridized carbons (Fsp3) is 0.167. The van der Waals surface area contributed by atoms with Gasteiger partial charge in [-0.3, -0.25) is 15.3 Å². The molecule has 0 saturated heterocycles. The first kappa shape index (κ1) is 13.7. The lowest BCUT2D eigenvalue weighted by Crippen LogP contribution is -2.25. The maximum absolute atomic E-state index is 10.6. The molecule has 7 N–H and O–H groups in total. The average Bonchev–Trinajstić information content (AvgIpc) is 2.77. The summed E-state index contributed by atoms with van der Waals surface area (Å²) >= 11 is 0. The Kier molecular flexibility index (Phi) is 4.06. The van der Waals surface area contributed by atoms with Crippen LogP contribution in [-0.4, -0.2) is 16.2 Å². The number of hydrazine groups is 1. The zero-order valence-electron chi connectivity index (χ0n) is 11.1. The second-order valence-corrected chi connectivity index (χ2v) is 4.26. The largest absolute Gasteiger partial charge is 0.384 e. The molecule has 0 atom stereocenters. The Morgan fingerprint density at radius 3 is 3.00 bits per heavy atom. The molecule has 0 aliphatic heterocycles. The van der Waals surface area contributed by atoms with Crippen LogP contribution in [0.2, 0.25) is 0 Å². The Labute approximate surface area is 115 Å². The Morgan fingerprint density at radius 1 is 1.50 bits per heavy atom. The number of nitrogens with one attached hydrogen (secondary N) is 3. The first-order chi connectivity index (χ1) is 9.63. The highest BCUT2D eigenvalue weighted by atomic mass is 16.1. The molecule has 1 heterocycles. The summed E-state index contributed by atoms with van der Waals surface area (Å²) in [5, 5.41) is 11.0. The van der Waals surface area contributed by atoms with Gasteiger partial charge in [-0.05, 0) is 12.1 Å². The molecule has 1 aromatic carbocycles. The van der Waals surface area contributed by atoms with Crippen molar-refractivity contribution >= 4 is 23.0 Å². The molecule has 0 saturated carbocycles. The molecule has 8 nitrogen and oxygen atoms in total. The summed E-state index contributed by atoms with van der Waals surface area (Å²) in [5.41, 5.74) is 10.5. The van der Waals surface area contributed by atoms with Crippen LogP contribution in [-0.2, 0) is 18.4 Å². The lowest BCUT2D eigenvalue weighted by molar-refractivity contribution is -0.105. The van der Waals surface area contributed by atoms with Crippen molar-refractivity contribution in [3.8, 4) is 0 Å². The average molecular weight is 275 g/mol. The highest BCUT2D eigenvalue weighted by Gasteiger charge is 2.08. The minimum absolute atomic E-state index is 0.408. The van der Waals surface area contributed by atoms with E-state index in [0.717, 1.165) is 16.5 Å². The van der Waals surface area contributed by atoms with Crippen LogP contribution in [0.1, 0.15) is 5.56 Å². The SMILES string of the molecule is Cn1cc2cc(NC=O)cc(CN/C(N)=C/NN)c2n1. The molecule has 0 aliphatic rings. The molecule has 20 heavy (non-hydrogen) atoms. The number of aryl methyl sites for hydroxylation is 1. The van der Waals surface area contributed by atoms with E-state index in [1.165, 1.54) is 6.20 Å². The predicted octanol–water partition coefficient (Wildman–Crippen LogP) is -0.548. The fourth-order valence-corrected chi connectivity index (χ4v) is 1.95. The van der Waals surface area contributed by atoms with Crippen molar-refractivity contribution in [2.24, 2.45) is 18.6 Å². The molecular weight excluding hydrogens is 258 g/mol. The summed E-state index contributed by atoms with van der Waals surface area (Å²) in [4.78, 5) is 10.6. The van der Waals surface area contributed by atoms with Gasteiger partial charge in [0.15, 0.2) is 0 Å². The van der Waals surface area contributed by atoms with E-state index in [1.54, 1.807) is 4.68 Å². The third-order valence-corrected chi connectivity index (χ3v) is 2.75. The van der Waals surface area contributed by atoms with Gasteiger partial charge in [0.25, 0.3) is 0 Å². The number of nitrogens with two attached hydrogens (primary N) is 2. The molecule has 2 aromatic rings. The molecule has 0 spiro atoms. The van der Waals surface area contributed by atoms with Gasteiger partial charge in [-0.25, -0.2) is 0 Å². The van der Waals surface area contributed by atoms with Crippen molar-refractivity contribution in [3.63, 3.8) is 0 Å². The summed E-state index contributed by atoms with van der Waals surface area (Å²) in [6.45, 7) is 0.464. The zero-order chi connectivity index (χ0) is 14.5. The van der Waals surface area contributed by atoms with Crippen LogP contribution in [0.3, 0.4) is 0 Å². The first-order valence-electron chi connectivity index (χ1n) is 5.96. The van der Waals surface area contributed by atoms with Crippen molar-refractivity contribution in [2.45, 2.75) is 6.54 Å². The standard InChI is InChI=1S/C12H17N7O/c1-19-6-9-3-10(16-7-20)2-8(12(9)18-19)4-15-11(13)5-17-14/h2-3,5-7,15,17H,4,13-14H2,1H3,(H,16,20)/b11-5+. The van der Waals surface area contributed by atoms with Crippen molar-refractivity contribution in [2.75, 3.05) is 5.32 Å². The van der Waals surface area contributed by atoms with E-state index in [-0.39, 0.29) is 0 Å². The van der Waals surface area contributed by atoms with Crippen LogP contribution in [0, 0.1) is 0 Å². The quantitative estimate of drug-likeness (QED) is 0.274. The first-order valence-corrected chi connectivity index (χ1v) is 5.96. The summed E-state index contributed by atoms with van der Waals surface area (Å²) in [6, 6.07) is 3.71. The Balaban J connectivity index is 2.33. The lowest BCUT2D eigenvalue weighted by Gasteiger charge is -2.09. The van der Waals surface area contributed by atoms with E-state index in [4.69, 9.17) is 11.6 Å². The number of nitrogens with zero attached hydrogens (tertiary/aromatic N) is 2. The summed E-state index contributed by atoms with van der Waals surface area (Å²) in [6.07, 6.45) is 3.97. The van der Waals surface area contributed by atoms with Gasteiger partial charge in [0.2, 0.25) is 6.41 Å². The van der Waals surface area contributed by atoms with E-state index in [0.29, 0.717) is 24.5 Å². The number of carbonyl (C=O) groups excluding carboxylic acids is 1. The van der Waals surface area contributed by atoms with Crippen molar-refractivity contribution in [3.05, 3.63) is 35.9 Å². The number of hydrogen-bond donors (Lipinski definition) is 5. The number of carbonyl (C=O) groups is 1. The van der Waals surface area contributed by atoms with E-state index < -0.39 is 0 Å². The van der Waals surface area contributed by atoms with Crippen LogP contribution in [0.15, 0.2) is 30.4 Å². The van der Waals surface area contributed by atoms with Crippen LogP contribution < -0.4 is 27.6 Å². The second-order valence-electron chi connectivity index (χ2n) is 4.26. The Morgan fingerprint density at radius 2 is 2.30 bits per heavy atom. The van der Waals surface area contributed by atoms with Gasteiger partial charge in [-0.15, -0.1) is 0 Å². The zero-order valence-corrected chi connectivity index (χ0v) is 11.1. The normalized spacial score (nSPS) is 11.4. The number of rotatable bonds is 6. The highest BCUT2D eigenvalue weighted by Crippen LogP contribution is 2.22. The molecule has 0 unspecified atom stereocenters. The molecule has 1 aromatic heterocycles. The van der Waals surface area contributed by atoms with E-state index in [1.807, 2.05) is 25.4 Å². The molecule has 0 aliphatic carbocycles. The number of amides is 1. The maximum Gasteiger partial charge on any atom is 0.211 e. The smallest absolute Gasteiger partial charge is 0.211 e. The van der Waals surface area contributed by atoms with Crippen molar-refractivity contribution in [1.29, 1.82) is 0 Å². The van der Waals surface area contributed by atoms with Crippen LogP contribution >= 0.6 is 0 Å². The Bertz CT molecular complexity index is 647.